The lowest BCUT2D eigenvalue weighted by Crippen LogP contribution is -2.11. The fraction of sp³-hybridized carbons (Fsp3) is 0.306. The molecule has 0 saturated heterocycles. The minimum Gasteiger partial charge on any atom is -0.457 e. The quantitative estimate of drug-likeness (QED) is 0.286. The van der Waals surface area contributed by atoms with Crippen molar-refractivity contribution in [3.05, 3.63) is 117 Å². The highest BCUT2D eigenvalue weighted by atomic mass is 16.5. The average Bonchev–Trinajstić information content (AvgIpc) is 2.93. The van der Waals surface area contributed by atoms with Gasteiger partial charge in [-0.05, 0) is 111 Å². The molecule has 1 aliphatic heterocycles. The standard InChI is InChI=1S/C34H38N2O3.C2H6/c1-21(2)26-18-29(16-22(3)25-10-12-27(13-11-25)35(6)7)38-30(19-26)17-23(4)33-24(5)31-15-14-28(36(8)9)20-32(31)39-34(33)37;1-2/h10-20H,1-9H3;1-2H3/b22-16+,23-17+;. The van der Waals surface area contributed by atoms with E-state index in [0.29, 0.717) is 16.9 Å². The fourth-order valence-corrected chi connectivity index (χ4v) is 4.66. The number of hydrogen-bond acceptors (Lipinski definition) is 5. The zero-order valence-electron chi connectivity index (χ0n) is 26.5. The van der Waals surface area contributed by atoms with Gasteiger partial charge in [0.25, 0.3) is 0 Å². The number of nitrogens with zero attached hydrogens (tertiary/aromatic N) is 2. The first-order valence-electron chi connectivity index (χ1n) is 14.1. The van der Waals surface area contributed by atoms with Gasteiger partial charge in [0.2, 0.25) is 0 Å². The first-order valence-corrected chi connectivity index (χ1v) is 14.1. The van der Waals surface area contributed by atoms with Gasteiger partial charge in [-0.15, -0.1) is 0 Å². The summed E-state index contributed by atoms with van der Waals surface area (Å²) in [5, 5.41) is 0.922. The van der Waals surface area contributed by atoms with Gasteiger partial charge in [0.05, 0.1) is 5.56 Å². The summed E-state index contributed by atoms with van der Waals surface area (Å²) in [6, 6.07) is 14.4. The maximum atomic E-state index is 13.1. The summed E-state index contributed by atoms with van der Waals surface area (Å²) in [5.41, 5.74) is 9.12. The van der Waals surface area contributed by atoms with Crippen LogP contribution in [0, 0.1) is 6.92 Å². The number of rotatable bonds is 6. The molecular formula is C36H44N2O3. The van der Waals surface area contributed by atoms with Crippen LogP contribution in [0.2, 0.25) is 0 Å². The molecule has 0 atom stereocenters. The number of allylic oxidation sites excluding steroid dienone is 8. The van der Waals surface area contributed by atoms with Crippen LogP contribution >= 0.6 is 0 Å². The summed E-state index contributed by atoms with van der Waals surface area (Å²) in [7, 11) is 8.00. The molecule has 216 valence electrons. The third-order valence-electron chi connectivity index (χ3n) is 7.03. The van der Waals surface area contributed by atoms with Crippen LogP contribution in [0.3, 0.4) is 0 Å². The maximum Gasteiger partial charge on any atom is 0.344 e. The molecule has 4 rings (SSSR count). The monoisotopic (exact) mass is 552 g/mol. The van der Waals surface area contributed by atoms with Gasteiger partial charge in [0, 0.05) is 51.0 Å². The lowest BCUT2D eigenvalue weighted by molar-refractivity contribution is 0.332. The van der Waals surface area contributed by atoms with Crippen LogP contribution in [0.5, 0.6) is 0 Å². The van der Waals surface area contributed by atoms with Crippen LogP contribution in [0.15, 0.2) is 98.6 Å². The van der Waals surface area contributed by atoms with Crippen LogP contribution in [0.4, 0.5) is 11.4 Å². The Morgan fingerprint density at radius 2 is 1.29 bits per heavy atom. The van der Waals surface area contributed by atoms with Crippen LogP contribution in [0.25, 0.3) is 22.1 Å². The molecule has 0 N–H and O–H groups in total. The molecule has 0 spiro atoms. The smallest absolute Gasteiger partial charge is 0.344 e. The predicted molar refractivity (Wildman–Crippen MR) is 177 cm³/mol. The van der Waals surface area contributed by atoms with Crippen molar-refractivity contribution < 1.29 is 9.15 Å². The van der Waals surface area contributed by atoms with E-state index in [0.717, 1.165) is 50.4 Å². The highest BCUT2D eigenvalue weighted by Crippen LogP contribution is 2.30. The molecule has 1 aliphatic rings. The Kier molecular flexibility index (Phi) is 10.2. The molecule has 41 heavy (non-hydrogen) atoms. The number of hydrogen-bond donors (Lipinski definition) is 0. The second-order valence-electron chi connectivity index (χ2n) is 10.7. The Labute approximate surface area is 245 Å². The van der Waals surface area contributed by atoms with Gasteiger partial charge in [0.15, 0.2) is 0 Å². The van der Waals surface area contributed by atoms with Crippen molar-refractivity contribution in [1.29, 1.82) is 0 Å². The summed E-state index contributed by atoms with van der Waals surface area (Å²) < 4.78 is 12.1. The van der Waals surface area contributed by atoms with Gasteiger partial charge in [-0.25, -0.2) is 4.79 Å². The van der Waals surface area contributed by atoms with Crippen LogP contribution in [0.1, 0.15) is 58.2 Å². The Bertz CT molecular complexity index is 1620. The second-order valence-corrected chi connectivity index (χ2v) is 10.7. The summed E-state index contributed by atoms with van der Waals surface area (Å²) in [6.45, 7) is 14.1. The van der Waals surface area contributed by atoms with Gasteiger partial charge in [-0.1, -0.05) is 31.6 Å². The zero-order valence-corrected chi connectivity index (χ0v) is 26.5. The first kappa shape index (κ1) is 31.3. The van der Waals surface area contributed by atoms with E-state index in [1.807, 2.05) is 91.1 Å². The SMILES string of the molecule is CC.CC(C)=C1C=C(/C=C(\C)c2ccc(N(C)C)cc2)OC(/C=C(\C)c2c(C)c3ccc(N(C)C)cc3oc2=O)=C1. The van der Waals surface area contributed by atoms with E-state index in [2.05, 4.69) is 62.1 Å². The molecule has 0 saturated carbocycles. The average molecular weight is 553 g/mol. The van der Waals surface area contributed by atoms with E-state index >= 15 is 0 Å². The number of fused-ring (bicyclic) bond motifs is 1. The summed E-state index contributed by atoms with van der Waals surface area (Å²) >= 11 is 0. The highest BCUT2D eigenvalue weighted by molar-refractivity contribution is 5.87. The van der Waals surface area contributed by atoms with Crippen LogP contribution in [-0.2, 0) is 4.74 Å². The van der Waals surface area contributed by atoms with Crippen molar-refractivity contribution in [3.8, 4) is 0 Å². The molecule has 2 heterocycles. The molecule has 5 heteroatoms. The van der Waals surface area contributed by atoms with E-state index in [1.54, 1.807) is 0 Å². The van der Waals surface area contributed by atoms with E-state index in [4.69, 9.17) is 9.15 Å². The molecule has 0 bridgehead atoms. The third-order valence-corrected chi connectivity index (χ3v) is 7.03. The Hall–Kier alpha value is -4.25. The summed E-state index contributed by atoms with van der Waals surface area (Å²) in [6.07, 6.45) is 8.04. The van der Waals surface area contributed by atoms with Gasteiger partial charge >= 0.3 is 5.63 Å². The first-order chi connectivity index (χ1) is 19.4. The van der Waals surface area contributed by atoms with E-state index in [1.165, 1.54) is 5.57 Å². The molecule has 2 aromatic carbocycles. The Morgan fingerprint density at radius 3 is 1.83 bits per heavy atom. The minimum absolute atomic E-state index is 0.351. The summed E-state index contributed by atoms with van der Waals surface area (Å²) in [4.78, 5) is 17.2. The lowest BCUT2D eigenvalue weighted by Gasteiger charge is -2.18. The molecule has 0 unspecified atom stereocenters. The lowest BCUT2D eigenvalue weighted by atomic mass is 9.98. The van der Waals surface area contributed by atoms with Crippen molar-refractivity contribution in [2.75, 3.05) is 38.0 Å². The molecule has 0 radical (unpaired) electrons. The molecule has 1 aromatic heterocycles. The molecule has 0 aliphatic carbocycles. The van der Waals surface area contributed by atoms with Crippen molar-refractivity contribution in [2.24, 2.45) is 0 Å². The van der Waals surface area contributed by atoms with Crippen molar-refractivity contribution in [2.45, 2.75) is 48.5 Å². The highest BCUT2D eigenvalue weighted by Gasteiger charge is 2.16. The Morgan fingerprint density at radius 1 is 0.756 bits per heavy atom. The number of aryl methyl sites for hydroxylation is 1. The van der Waals surface area contributed by atoms with Crippen LogP contribution in [-0.4, -0.2) is 28.2 Å². The largest absolute Gasteiger partial charge is 0.457 e. The fourth-order valence-electron chi connectivity index (χ4n) is 4.66. The topological polar surface area (TPSA) is 45.9 Å². The van der Waals surface area contributed by atoms with Gasteiger partial charge < -0.3 is 19.0 Å². The van der Waals surface area contributed by atoms with E-state index < -0.39 is 0 Å². The normalized spacial score (nSPS) is 13.6. The molecule has 0 fully saturated rings. The van der Waals surface area contributed by atoms with Crippen molar-refractivity contribution in [3.63, 3.8) is 0 Å². The zero-order chi connectivity index (χ0) is 30.4. The molecule has 5 nitrogen and oxygen atoms in total. The van der Waals surface area contributed by atoms with Crippen molar-refractivity contribution in [1.82, 2.24) is 0 Å². The molecule has 3 aromatic rings. The van der Waals surface area contributed by atoms with Crippen LogP contribution < -0.4 is 15.4 Å². The predicted octanol–water partition coefficient (Wildman–Crippen LogP) is 8.90. The number of benzene rings is 2. The van der Waals surface area contributed by atoms with Gasteiger partial charge in [0.1, 0.15) is 17.1 Å². The summed E-state index contributed by atoms with van der Waals surface area (Å²) in [5.74, 6) is 1.43. The number of ether oxygens (including phenoxy) is 1. The Balaban J connectivity index is 0.00000226. The minimum atomic E-state index is -0.351. The van der Waals surface area contributed by atoms with Gasteiger partial charge in [-0.3, -0.25) is 0 Å². The third kappa shape index (κ3) is 7.29. The second kappa shape index (κ2) is 13.4. The molecular weight excluding hydrogens is 508 g/mol. The van der Waals surface area contributed by atoms with Gasteiger partial charge in [-0.2, -0.15) is 0 Å². The number of anilines is 2. The van der Waals surface area contributed by atoms with E-state index in [-0.39, 0.29) is 5.63 Å². The maximum absolute atomic E-state index is 13.1. The van der Waals surface area contributed by atoms with E-state index in [9.17, 15) is 4.79 Å². The molecule has 0 amide bonds. The van der Waals surface area contributed by atoms with Crippen molar-refractivity contribution >= 4 is 33.5 Å².